The Balaban J connectivity index is 2.74. The Bertz CT molecular complexity index is 555. The summed E-state index contributed by atoms with van der Waals surface area (Å²) in [6, 6.07) is 6.26. The highest BCUT2D eigenvalue weighted by molar-refractivity contribution is 7.91. The van der Waals surface area contributed by atoms with Gasteiger partial charge in [0.2, 0.25) is 0 Å². The molecule has 0 spiro atoms. The first-order chi connectivity index (χ1) is 9.36. The van der Waals surface area contributed by atoms with Crippen molar-refractivity contribution < 1.29 is 8.42 Å². The monoisotopic (exact) mass is 297 g/mol. The van der Waals surface area contributed by atoms with Crippen molar-refractivity contribution in [3.8, 4) is 0 Å². The molecule has 0 saturated heterocycles. The van der Waals surface area contributed by atoms with Gasteiger partial charge in [-0.1, -0.05) is 25.5 Å². The van der Waals surface area contributed by atoms with Crippen molar-refractivity contribution in [2.45, 2.75) is 24.7 Å². The van der Waals surface area contributed by atoms with Gasteiger partial charge < -0.3 is 10.6 Å². The average molecular weight is 297 g/mol. The first-order valence-electron chi connectivity index (χ1n) is 6.72. The molecule has 5 nitrogen and oxygen atoms in total. The molecule has 0 aromatic heterocycles. The Labute approximate surface area is 121 Å². The molecule has 0 heterocycles. The number of amidine groups is 1. The van der Waals surface area contributed by atoms with Crippen LogP contribution in [0, 0.1) is 5.41 Å². The molecule has 0 radical (unpaired) electrons. The zero-order valence-corrected chi connectivity index (χ0v) is 12.9. The van der Waals surface area contributed by atoms with Gasteiger partial charge in [-0.25, -0.2) is 8.42 Å². The highest BCUT2D eigenvalue weighted by Gasteiger charge is 2.16. The lowest BCUT2D eigenvalue weighted by molar-refractivity contribution is 0.346. The van der Waals surface area contributed by atoms with Crippen LogP contribution >= 0.6 is 0 Å². The molecule has 0 fully saturated rings. The Morgan fingerprint density at radius 2 is 2.05 bits per heavy atom. The summed E-state index contributed by atoms with van der Waals surface area (Å²) in [6.45, 7) is 3.52. The zero-order valence-electron chi connectivity index (χ0n) is 12.1. The zero-order chi connectivity index (χ0) is 15.2. The molecular weight excluding hydrogens is 274 g/mol. The second-order valence-corrected chi connectivity index (χ2v) is 7.03. The molecule has 3 N–H and O–H groups in total. The maximum absolute atomic E-state index is 12.2. The van der Waals surface area contributed by atoms with Crippen molar-refractivity contribution in [1.82, 2.24) is 4.90 Å². The highest BCUT2D eigenvalue weighted by Crippen LogP contribution is 2.13. The number of nitrogens with two attached hydrogens (primary N) is 1. The van der Waals surface area contributed by atoms with E-state index in [0.717, 1.165) is 19.4 Å². The van der Waals surface area contributed by atoms with Crippen LogP contribution in [0.25, 0.3) is 0 Å². The lowest BCUT2D eigenvalue weighted by atomic mass is 10.2. The van der Waals surface area contributed by atoms with Gasteiger partial charge in [-0.2, -0.15) is 0 Å². The number of hydrogen-bond donors (Lipinski definition) is 2. The first-order valence-corrected chi connectivity index (χ1v) is 8.38. The third-order valence-electron chi connectivity index (χ3n) is 3.14. The molecule has 1 aromatic rings. The molecule has 0 bridgehead atoms. The lowest BCUT2D eigenvalue weighted by Crippen LogP contribution is -2.26. The van der Waals surface area contributed by atoms with Gasteiger partial charge in [-0.05, 0) is 32.1 Å². The number of nitrogen functional groups attached to an aromatic ring is 1. The standard InChI is InChI=1S/C14H23N3O2S/c1-3-4-8-17(2)9-10-20(18,19)13-7-5-6-12(11-13)14(15)16/h5-7,11H,3-4,8-10H2,1-2H3,(H3,15,16). The van der Waals surface area contributed by atoms with Crippen LogP contribution in [0.1, 0.15) is 25.3 Å². The fourth-order valence-electron chi connectivity index (χ4n) is 1.79. The Kier molecular flexibility index (Phi) is 6.16. The molecule has 0 atom stereocenters. The van der Waals surface area contributed by atoms with Gasteiger partial charge in [0.1, 0.15) is 5.84 Å². The van der Waals surface area contributed by atoms with Gasteiger partial charge in [0.15, 0.2) is 9.84 Å². The molecule has 112 valence electrons. The van der Waals surface area contributed by atoms with Crippen LogP contribution in [0.4, 0.5) is 0 Å². The lowest BCUT2D eigenvalue weighted by Gasteiger charge is -2.16. The Morgan fingerprint density at radius 3 is 2.65 bits per heavy atom. The maximum Gasteiger partial charge on any atom is 0.179 e. The molecule has 0 aliphatic heterocycles. The van der Waals surface area contributed by atoms with Gasteiger partial charge in [0.05, 0.1) is 10.6 Å². The predicted molar refractivity (Wildman–Crippen MR) is 81.9 cm³/mol. The maximum atomic E-state index is 12.2. The Morgan fingerprint density at radius 1 is 1.35 bits per heavy atom. The fourth-order valence-corrected chi connectivity index (χ4v) is 3.17. The summed E-state index contributed by atoms with van der Waals surface area (Å²) < 4.78 is 24.5. The van der Waals surface area contributed by atoms with E-state index in [1.807, 2.05) is 11.9 Å². The number of sulfone groups is 1. The first kappa shape index (κ1) is 16.7. The molecule has 0 amide bonds. The average Bonchev–Trinajstić information content (AvgIpc) is 2.43. The summed E-state index contributed by atoms with van der Waals surface area (Å²) in [7, 11) is -1.40. The highest BCUT2D eigenvalue weighted by atomic mass is 32.2. The summed E-state index contributed by atoms with van der Waals surface area (Å²) >= 11 is 0. The largest absolute Gasteiger partial charge is 0.384 e. The molecule has 0 unspecified atom stereocenters. The minimum atomic E-state index is -3.33. The molecule has 1 rings (SSSR count). The summed E-state index contributed by atoms with van der Waals surface area (Å²) in [6.07, 6.45) is 2.16. The molecule has 0 saturated carbocycles. The number of hydrogen-bond acceptors (Lipinski definition) is 4. The van der Waals surface area contributed by atoms with Crippen LogP contribution in [-0.2, 0) is 9.84 Å². The third kappa shape index (κ3) is 4.94. The second-order valence-electron chi connectivity index (χ2n) is 4.92. The van der Waals surface area contributed by atoms with Crippen molar-refractivity contribution >= 4 is 15.7 Å². The van der Waals surface area contributed by atoms with Crippen LogP contribution < -0.4 is 5.73 Å². The molecule has 1 aromatic carbocycles. The summed E-state index contributed by atoms with van der Waals surface area (Å²) in [4.78, 5) is 2.25. The van der Waals surface area contributed by atoms with Gasteiger partial charge in [-0.3, -0.25) is 5.41 Å². The Hall–Kier alpha value is -1.40. The number of nitrogens with zero attached hydrogens (tertiary/aromatic N) is 1. The molecular formula is C14H23N3O2S. The molecule has 20 heavy (non-hydrogen) atoms. The van der Waals surface area contributed by atoms with Crippen molar-refractivity contribution in [2.75, 3.05) is 25.9 Å². The van der Waals surface area contributed by atoms with E-state index in [4.69, 9.17) is 11.1 Å². The van der Waals surface area contributed by atoms with Gasteiger partial charge in [-0.15, -0.1) is 0 Å². The molecule has 0 aliphatic rings. The van der Waals surface area contributed by atoms with Crippen LogP contribution in [0.3, 0.4) is 0 Å². The van der Waals surface area contributed by atoms with E-state index in [-0.39, 0.29) is 16.5 Å². The van der Waals surface area contributed by atoms with E-state index in [1.54, 1.807) is 18.2 Å². The van der Waals surface area contributed by atoms with Crippen molar-refractivity contribution in [2.24, 2.45) is 5.73 Å². The number of rotatable bonds is 8. The van der Waals surface area contributed by atoms with Crippen LogP contribution in [0.15, 0.2) is 29.2 Å². The SMILES string of the molecule is CCCCN(C)CCS(=O)(=O)c1cccc(C(=N)N)c1. The third-order valence-corrected chi connectivity index (χ3v) is 4.83. The summed E-state index contributed by atoms with van der Waals surface area (Å²) in [5.41, 5.74) is 5.82. The van der Waals surface area contributed by atoms with Crippen molar-refractivity contribution in [3.05, 3.63) is 29.8 Å². The van der Waals surface area contributed by atoms with E-state index in [2.05, 4.69) is 6.92 Å². The number of benzene rings is 1. The quantitative estimate of drug-likeness (QED) is 0.562. The summed E-state index contributed by atoms with van der Waals surface area (Å²) in [5.74, 6) is -0.0451. The minimum absolute atomic E-state index is 0.0779. The molecule has 0 aliphatic carbocycles. The van der Waals surface area contributed by atoms with Gasteiger partial charge >= 0.3 is 0 Å². The topological polar surface area (TPSA) is 87.2 Å². The van der Waals surface area contributed by atoms with E-state index < -0.39 is 9.84 Å². The van der Waals surface area contributed by atoms with Gasteiger partial charge in [0, 0.05) is 12.1 Å². The smallest absolute Gasteiger partial charge is 0.179 e. The summed E-state index contributed by atoms with van der Waals surface area (Å²) in [5, 5.41) is 7.36. The molecule has 6 heteroatoms. The van der Waals surface area contributed by atoms with Crippen molar-refractivity contribution in [1.29, 1.82) is 5.41 Å². The normalized spacial score (nSPS) is 11.8. The van der Waals surface area contributed by atoms with E-state index >= 15 is 0 Å². The predicted octanol–water partition coefficient (Wildman–Crippen LogP) is 1.48. The van der Waals surface area contributed by atoms with Gasteiger partial charge in [0.25, 0.3) is 0 Å². The minimum Gasteiger partial charge on any atom is -0.384 e. The van der Waals surface area contributed by atoms with Crippen molar-refractivity contribution in [3.63, 3.8) is 0 Å². The van der Waals surface area contributed by atoms with Crippen LogP contribution in [0.5, 0.6) is 0 Å². The van der Waals surface area contributed by atoms with E-state index in [0.29, 0.717) is 12.1 Å². The van der Waals surface area contributed by atoms with E-state index in [1.165, 1.54) is 6.07 Å². The van der Waals surface area contributed by atoms with E-state index in [9.17, 15) is 8.42 Å². The number of unbranched alkanes of at least 4 members (excludes halogenated alkanes) is 1. The number of nitrogens with one attached hydrogen (secondary N) is 1. The second kappa shape index (κ2) is 7.40. The van der Waals surface area contributed by atoms with Crippen LogP contribution in [0.2, 0.25) is 0 Å². The van der Waals surface area contributed by atoms with Crippen LogP contribution in [-0.4, -0.2) is 45.0 Å². The fraction of sp³-hybridized carbons (Fsp3) is 0.500.